The van der Waals surface area contributed by atoms with Crippen LogP contribution in [0.15, 0.2) is 71.8 Å². The number of aromatic nitrogens is 1. The molecular formula is C27H22N2O4S. The van der Waals surface area contributed by atoms with Gasteiger partial charge in [-0.3, -0.25) is 9.78 Å². The van der Waals surface area contributed by atoms with Crippen molar-refractivity contribution in [1.29, 1.82) is 0 Å². The SMILES string of the molecule is O=C(O)c1ccc(Cc2cnc3ccc(C(=O)NCc4ccc5c(c4)CCS5)cc3c2O)cc1. The van der Waals surface area contributed by atoms with Gasteiger partial charge < -0.3 is 15.5 Å². The molecule has 5 rings (SSSR count). The fourth-order valence-corrected chi connectivity index (χ4v) is 5.16. The van der Waals surface area contributed by atoms with Gasteiger partial charge in [0.15, 0.2) is 0 Å². The highest BCUT2D eigenvalue weighted by Crippen LogP contribution is 2.32. The van der Waals surface area contributed by atoms with Gasteiger partial charge in [0.1, 0.15) is 5.75 Å². The molecule has 0 bridgehead atoms. The maximum atomic E-state index is 12.8. The van der Waals surface area contributed by atoms with E-state index in [1.54, 1.807) is 36.5 Å². The summed E-state index contributed by atoms with van der Waals surface area (Å²) in [5, 5.41) is 23.4. The van der Waals surface area contributed by atoms with Gasteiger partial charge >= 0.3 is 5.97 Å². The largest absolute Gasteiger partial charge is 0.507 e. The Hall–Kier alpha value is -3.84. The fourth-order valence-electron chi connectivity index (χ4n) is 4.11. The lowest BCUT2D eigenvalue weighted by molar-refractivity contribution is 0.0696. The molecular weight excluding hydrogens is 448 g/mol. The van der Waals surface area contributed by atoms with Crippen LogP contribution in [0.25, 0.3) is 10.9 Å². The Morgan fingerprint density at radius 2 is 1.74 bits per heavy atom. The standard InChI is InChI=1S/C27H22N2O4S/c30-25-21(11-16-1-4-18(5-2-16)27(32)33)15-28-23-7-6-20(13-22(23)25)26(31)29-14-17-3-8-24-19(12-17)9-10-34-24/h1-8,12-13,15H,9-11,14H2,(H,28,30)(H,29,31)(H,32,33). The number of amides is 1. The summed E-state index contributed by atoms with van der Waals surface area (Å²) in [6.07, 6.45) is 3.06. The molecule has 1 aromatic heterocycles. The van der Waals surface area contributed by atoms with Crippen LogP contribution in [0.1, 0.15) is 43.0 Å². The first-order valence-corrected chi connectivity index (χ1v) is 11.9. The van der Waals surface area contributed by atoms with Crippen molar-refractivity contribution in [1.82, 2.24) is 10.3 Å². The van der Waals surface area contributed by atoms with E-state index in [1.165, 1.54) is 22.6 Å². The molecule has 0 radical (unpaired) electrons. The van der Waals surface area contributed by atoms with E-state index in [4.69, 9.17) is 5.11 Å². The van der Waals surface area contributed by atoms with Gasteiger partial charge in [0.2, 0.25) is 0 Å². The zero-order valence-corrected chi connectivity index (χ0v) is 19.1. The number of carbonyl (C=O) groups excluding carboxylic acids is 1. The molecule has 4 aromatic rings. The van der Waals surface area contributed by atoms with Gasteiger partial charge in [0.05, 0.1) is 11.1 Å². The molecule has 170 valence electrons. The van der Waals surface area contributed by atoms with Crippen LogP contribution in [0.2, 0.25) is 0 Å². The van der Waals surface area contributed by atoms with Crippen LogP contribution in [0.3, 0.4) is 0 Å². The van der Waals surface area contributed by atoms with Crippen molar-refractivity contribution in [3.05, 3.63) is 100 Å². The Labute approximate surface area is 200 Å². The van der Waals surface area contributed by atoms with Gasteiger partial charge in [-0.15, -0.1) is 11.8 Å². The van der Waals surface area contributed by atoms with Crippen molar-refractivity contribution >= 4 is 34.5 Å². The Bertz CT molecular complexity index is 1420. The minimum Gasteiger partial charge on any atom is -0.507 e. The number of thioether (sulfide) groups is 1. The average Bonchev–Trinajstić information content (AvgIpc) is 3.32. The third kappa shape index (κ3) is 4.47. The first kappa shape index (κ1) is 22.0. The highest BCUT2D eigenvalue weighted by atomic mass is 32.2. The molecule has 34 heavy (non-hydrogen) atoms. The molecule has 1 aliphatic rings. The lowest BCUT2D eigenvalue weighted by Gasteiger charge is -2.10. The topological polar surface area (TPSA) is 99.5 Å². The summed E-state index contributed by atoms with van der Waals surface area (Å²) in [4.78, 5) is 29.6. The number of rotatable bonds is 6. The molecule has 0 spiro atoms. The van der Waals surface area contributed by atoms with Crippen LogP contribution in [0.4, 0.5) is 0 Å². The molecule has 0 unspecified atom stereocenters. The summed E-state index contributed by atoms with van der Waals surface area (Å²) in [6, 6.07) is 17.9. The first-order valence-electron chi connectivity index (χ1n) is 10.9. The third-order valence-corrected chi connectivity index (χ3v) is 7.10. The first-order chi connectivity index (χ1) is 16.5. The number of carbonyl (C=O) groups is 2. The van der Waals surface area contributed by atoms with E-state index in [9.17, 15) is 14.7 Å². The van der Waals surface area contributed by atoms with E-state index in [1.807, 2.05) is 17.8 Å². The number of carboxylic acid groups (broad SMARTS) is 1. The number of aryl methyl sites for hydroxylation is 1. The molecule has 0 atom stereocenters. The molecule has 3 aromatic carbocycles. The number of hydrogen-bond acceptors (Lipinski definition) is 5. The van der Waals surface area contributed by atoms with Crippen LogP contribution < -0.4 is 5.32 Å². The maximum Gasteiger partial charge on any atom is 0.335 e. The Morgan fingerprint density at radius 3 is 2.53 bits per heavy atom. The van der Waals surface area contributed by atoms with Crippen LogP contribution in [0.5, 0.6) is 5.75 Å². The van der Waals surface area contributed by atoms with Crippen molar-refractivity contribution < 1.29 is 19.8 Å². The molecule has 0 saturated heterocycles. The average molecular weight is 471 g/mol. The number of hydrogen-bond donors (Lipinski definition) is 3. The van der Waals surface area contributed by atoms with Crippen molar-refractivity contribution in [2.45, 2.75) is 24.3 Å². The van der Waals surface area contributed by atoms with E-state index in [0.29, 0.717) is 35.0 Å². The van der Waals surface area contributed by atoms with Gasteiger partial charge in [0, 0.05) is 46.3 Å². The number of aromatic hydroxyl groups is 1. The molecule has 0 saturated carbocycles. The Kier molecular flexibility index (Phi) is 5.94. The lowest BCUT2D eigenvalue weighted by atomic mass is 10.0. The number of nitrogens with zero attached hydrogens (tertiary/aromatic N) is 1. The van der Waals surface area contributed by atoms with Crippen LogP contribution in [0, 0.1) is 0 Å². The van der Waals surface area contributed by atoms with Crippen molar-refractivity contribution in [3.63, 3.8) is 0 Å². The summed E-state index contributed by atoms with van der Waals surface area (Å²) in [6.45, 7) is 0.436. The molecule has 0 aliphatic carbocycles. The summed E-state index contributed by atoms with van der Waals surface area (Å²) in [5.74, 6) is -0.0262. The van der Waals surface area contributed by atoms with Gasteiger partial charge in [-0.05, 0) is 59.5 Å². The molecule has 1 amide bonds. The van der Waals surface area contributed by atoms with E-state index in [2.05, 4.69) is 22.4 Å². The fraction of sp³-hybridized carbons (Fsp3) is 0.148. The Morgan fingerprint density at radius 1 is 0.971 bits per heavy atom. The van der Waals surface area contributed by atoms with Crippen molar-refractivity contribution in [2.75, 3.05) is 5.75 Å². The minimum absolute atomic E-state index is 0.0677. The third-order valence-electron chi connectivity index (χ3n) is 5.98. The molecule has 7 heteroatoms. The zero-order valence-electron chi connectivity index (χ0n) is 18.2. The molecule has 2 heterocycles. The number of fused-ring (bicyclic) bond motifs is 2. The summed E-state index contributed by atoms with van der Waals surface area (Å²) >= 11 is 1.86. The van der Waals surface area contributed by atoms with Gasteiger partial charge in [-0.25, -0.2) is 4.79 Å². The van der Waals surface area contributed by atoms with Crippen LogP contribution >= 0.6 is 11.8 Å². The second kappa shape index (κ2) is 9.19. The maximum absolute atomic E-state index is 12.8. The number of nitrogens with one attached hydrogen (secondary N) is 1. The van der Waals surface area contributed by atoms with E-state index < -0.39 is 5.97 Å². The highest BCUT2D eigenvalue weighted by Gasteiger charge is 2.14. The van der Waals surface area contributed by atoms with Crippen molar-refractivity contribution in [2.24, 2.45) is 0 Å². The Balaban J connectivity index is 1.34. The summed E-state index contributed by atoms with van der Waals surface area (Å²) in [7, 11) is 0. The highest BCUT2D eigenvalue weighted by molar-refractivity contribution is 7.99. The predicted molar refractivity (Wildman–Crippen MR) is 132 cm³/mol. The van der Waals surface area contributed by atoms with E-state index in [0.717, 1.165) is 23.3 Å². The number of aromatic carboxylic acids is 1. The lowest BCUT2D eigenvalue weighted by Crippen LogP contribution is -2.22. The van der Waals surface area contributed by atoms with Gasteiger partial charge in [-0.2, -0.15) is 0 Å². The summed E-state index contributed by atoms with van der Waals surface area (Å²) in [5.41, 5.74) is 5.10. The molecule has 1 aliphatic heterocycles. The molecule has 3 N–H and O–H groups in total. The number of pyridine rings is 1. The minimum atomic E-state index is -0.984. The van der Waals surface area contributed by atoms with Gasteiger partial charge in [0.25, 0.3) is 5.91 Å². The van der Waals surface area contributed by atoms with Crippen LogP contribution in [-0.4, -0.2) is 32.8 Å². The molecule has 6 nitrogen and oxygen atoms in total. The van der Waals surface area contributed by atoms with Crippen molar-refractivity contribution in [3.8, 4) is 5.75 Å². The second-order valence-electron chi connectivity index (χ2n) is 8.27. The summed E-state index contributed by atoms with van der Waals surface area (Å²) < 4.78 is 0. The van der Waals surface area contributed by atoms with Gasteiger partial charge in [-0.1, -0.05) is 24.3 Å². The molecule has 0 fully saturated rings. The number of carboxylic acids is 1. The monoisotopic (exact) mass is 470 g/mol. The quantitative estimate of drug-likeness (QED) is 0.374. The second-order valence-corrected chi connectivity index (χ2v) is 9.40. The smallest absolute Gasteiger partial charge is 0.335 e. The van der Waals surface area contributed by atoms with Crippen LogP contribution in [-0.2, 0) is 19.4 Å². The normalized spacial score (nSPS) is 12.5. The number of benzene rings is 3. The van der Waals surface area contributed by atoms with E-state index in [-0.39, 0.29) is 17.2 Å². The zero-order chi connectivity index (χ0) is 23.7. The van der Waals surface area contributed by atoms with E-state index >= 15 is 0 Å². The predicted octanol–water partition coefficient (Wildman–Crippen LogP) is 4.81.